The molecule has 20 heavy (non-hydrogen) atoms. The molecule has 0 amide bonds. The van der Waals surface area contributed by atoms with Crippen LogP contribution >= 0.6 is 35.0 Å². The van der Waals surface area contributed by atoms with Crippen molar-refractivity contribution in [2.75, 3.05) is 18.1 Å². The number of hydrogen-bond acceptors (Lipinski definition) is 4. The number of rotatable bonds is 5. The summed E-state index contributed by atoms with van der Waals surface area (Å²) in [5.74, 6) is 2.40. The molecule has 2 rings (SSSR count). The van der Waals surface area contributed by atoms with Crippen LogP contribution in [0.15, 0.2) is 17.0 Å². The Morgan fingerprint density at radius 2 is 2.15 bits per heavy atom. The van der Waals surface area contributed by atoms with E-state index in [1.807, 2.05) is 11.8 Å². The minimum absolute atomic E-state index is 0.0201. The highest BCUT2D eigenvalue weighted by molar-refractivity contribution is 7.99. The summed E-state index contributed by atoms with van der Waals surface area (Å²) < 4.78 is 27.1. The Hall–Kier alpha value is 0.0200. The Balaban J connectivity index is 2.20. The predicted molar refractivity (Wildman–Crippen MR) is 83.0 cm³/mol. The zero-order chi connectivity index (χ0) is 14.8. The molecular weight excluding hydrogens is 341 g/mol. The van der Waals surface area contributed by atoms with Gasteiger partial charge in [-0.1, -0.05) is 23.2 Å². The van der Waals surface area contributed by atoms with Gasteiger partial charge in [0.05, 0.1) is 11.6 Å². The van der Waals surface area contributed by atoms with Crippen LogP contribution in [0.5, 0.6) is 0 Å². The zero-order valence-corrected chi connectivity index (χ0v) is 13.7. The Morgan fingerprint density at radius 3 is 2.75 bits per heavy atom. The summed E-state index contributed by atoms with van der Waals surface area (Å²) in [6, 6.07) is 2.79. The normalized spacial score (nSPS) is 19.4. The van der Waals surface area contributed by atoms with Crippen LogP contribution < -0.4 is 4.72 Å². The van der Waals surface area contributed by atoms with Gasteiger partial charge in [-0.2, -0.15) is 11.8 Å². The molecule has 0 saturated carbocycles. The van der Waals surface area contributed by atoms with Crippen molar-refractivity contribution in [2.45, 2.75) is 17.9 Å². The topological polar surface area (TPSA) is 66.4 Å². The van der Waals surface area contributed by atoms with E-state index in [4.69, 9.17) is 23.2 Å². The van der Waals surface area contributed by atoms with Gasteiger partial charge in [0.1, 0.15) is 4.90 Å². The molecule has 0 radical (unpaired) electrons. The van der Waals surface area contributed by atoms with Crippen LogP contribution in [0, 0.1) is 5.92 Å². The van der Waals surface area contributed by atoms with E-state index < -0.39 is 16.6 Å². The molecule has 0 bridgehead atoms. The second kappa shape index (κ2) is 6.85. The van der Waals surface area contributed by atoms with Crippen molar-refractivity contribution in [1.82, 2.24) is 4.72 Å². The molecule has 1 aliphatic heterocycles. The van der Waals surface area contributed by atoms with Crippen molar-refractivity contribution in [3.8, 4) is 0 Å². The minimum Gasteiger partial charge on any atom is -0.392 e. The van der Waals surface area contributed by atoms with Gasteiger partial charge in [-0.15, -0.1) is 0 Å². The smallest absolute Gasteiger partial charge is 0.242 e. The highest BCUT2D eigenvalue weighted by Gasteiger charge is 2.23. The number of halogens is 2. The summed E-state index contributed by atoms with van der Waals surface area (Å²) in [5, 5.41) is 9.44. The molecule has 1 saturated heterocycles. The number of sulfonamides is 1. The minimum atomic E-state index is -3.69. The highest BCUT2D eigenvalue weighted by Crippen LogP contribution is 2.31. The summed E-state index contributed by atoms with van der Waals surface area (Å²) in [5.41, 5.74) is 0.229. The van der Waals surface area contributed by atoms with Gasteiger partial charge in [-0.05, 0) is 36.0 Å². The number of nitrogens with one attached hydrogen (secondary N) is 1. The lowest BCUT2D eigenvalue weighted by atomic mass is 10.1. The quantitative estimate of drug-likeness (QED) is 0.851. The molecule has 1 atom stereocenters. The molecule has 1 aromatic rings. The van der Waals surface area contributed by atoms with Gasteiger partial charge in [0.25, 0.3) is 0 Å². The van der Waals surface area contributed by atoms with E-state index in [9.17, 15) is 13.5 Å². The van der Waals surface area contributed by atoms with Gasteiger partial charge in [0.2, 0.25) is 10.0 Å². The molecule has 1 aliphatic rings. The first-order chi connectivity index (χ1) is 9.45. The van der Waals surface area contributed by atoms with Gasteiger partial charge in [-0.3, -0.25) is 0 Å². The number of hydrogen-bond donors (Lipinski definition) is 2. The van der Waals surface area contributed by atoms with E-state index in [0.29, 0.717) is 12.5 Å². The van der Waals surface area contributed by atoms with Crippen LogP contribution in [-0.4, -0.2) is 31.6 Å². The van der Waals surface area contributed by atoms with Crippen LogP contribution in [0.2, 0.25) is 10.0 Å². The van der Waals surface area contributed by atoms with Crippen LogP contribution in [0.4, 0.5) is 0 Å². The van der Waals surface area contributed by atoms with E-state index in [0.717, 1.165) is 17.9 Å². The van der Waals surface area contributed by atoms with Crippen LogP contribution in [0.1, 0.15) is 12.0 Å². The summed E-state index contributed by atoms with van der Waals surface area (Å²) in [4.78, 5) is -0.0433. The SMILES string of the molecule is O=S(=O)(NCC1CCSC1)c1ccc(Cl)c(CO)c1Cl. The molecule has 1 unspecified atom stereocenters. The number of aliphatic hydroxyl groups is 1. The zero-order valence-electron chi connectivity index (χ0n) is 10.6. The number of benzene rings is 1. The summed E-state index contributed by atoms with van der Waals surface area (Å²) in [6.45, 7) is 0.00301. The second-order valence-corrected chi connectivity index (χ2v) is 8.25. The molecule has 112 valence electrons. The van der Waals surface area contributed by atoms with Gasteiger partial charge in [-0.25, -0.2) is 13.1 Å². The molecular formula is C12H15Cl2NO3S2. The fourth-order valence-electron chi connectivity index (χ4n) is 1.98. The lowest BCUT2D eigenvalue weighted by molar-refractivity contribution is 0.281. The third-order valence-electron chi connectivity index (χ3n) is 3.18. The Kier molecular flexibility index (Phi) is 5.62. The fraction of sp³-hybridized carbons (Fsp3) is 0.500. The first-order valence-electron chi connectivity index (χ1n) is 6.11. The average Bonchev–Trinajstić information content (AvgIpc) is 2.90. The van der Waals surface area contributed by atoms with Crippen molar-refractivity contribution in [3.63, 3.8) is 0 Å². The molecule has 0 aliphatic carbocycles. The molecule has 4 nitrogen and oxygen atoms in total. The third-order valence-corrected chi connectivity index (χ3v) is 6.78. The lowest BCUT2D eigenvalue weighted by Gasteiger charge is -2.13. The van der Waals surface area contributed by atoms with E-state index in [1.165, 1.54) is 12.1 Å². The average molecular weight is 356 g/mol. The molecule has 1 heterocycles. The van der Waals surface area contributed by atoms with Crippen LogP contribution in [-0.2, 0) is 16.6 Å². The summed E-state index contributed by atoms with van der Waals surface area (Å²) >= 11 is 13.7. The Morgan fingerprint density at radius 1 is 1.40 bits per heavy atom. The monoisotopic (exact) mass is 355 g/mol. The maximum atomic E-state index is 12.3. The molecule has 2 N–H and O–H groups in total. The van der Waals surface area contributed by atoms with Crippen LogP contribution in [0.25, 0.3) is 0 Å². The molecule has 1 aromatic carbocycles. The van der Waals surface area contributed by atoms with Gasteiger partial charge < -0.3 is 5.11 Å². The maximum Gasteiger partial charge on any atom is 0.242 e. The van der Waals surface area contributed by atoms with E-state index in [1.54, 1.807) is 0 Å². The molecule has 0 spiro atoms. The Labute approximate surface area is 132 Å². The summed E-state index contributed by atoms with van der Waals surface area (Å²) in [6.07, 6.45) is 1.02. The van der Waals surface area contributed by atoms with Crippen molar-refractivity contribution >= 4 is 45.0 Å². The Bertz CT molecular complexity index is 587. The largest absolute Gasteiger partial charge is 0.392 e. The fourth-order valence-corrected chi connectivity index (χ4v) is 5.27. The van der Waals surface area contributed by atoms with Gasteiger partial charge in [0.15, 0.2) is 0 Å². The van der Waals surface area contributed by atoms with Crippen molar-refractivity contribution < 1.29 is 13.5 Å². The molecule has 8 heteroatoms. The summed E-state index contributed by atoms with van der Waals surface area (Å²) in [7, 11) is -3.69. The number of thioether (sulfide) groups is 1. The maximum absolute atomic E-state index is 12.3. The van der Waals surface area contributed by atoms with Gasteiger partial charge >= 0.3 is 0 Å². The highest BCUT2D eigenvalue weighted by atomic mass is 35.5. The van der Waals surface area contributed by atoms with Crippen LogP contribution in [0.3, 0.4) is 0 Å². The second-order valence-electron chi connectivity index (χ2n) is 4.58. The first-order valence-corrected chi connectivity index (χ1v) is 9.50. The van der Waals surface area contributed by atoms with Crippen molar-refractivity contribution in [1.29, 1.82) is 0 Å². The van der Waals surface area contributed by atoms with Crippen molar-refractivity contribution in [3.05, 3.63) is 27.7 Å². The van der Waals surface area contributed by atoms with Crippen molar-refractivity contribution in [2.24, 2.45) is 5.92 Å². The third kappa shape index (κ3) is 3.61. The molecule has 1 fully saturated rings. The molecule has 0 aromatic heterocycles. The first kappa shape index (κ1) is 16.4. The lowest BCUT2D eigenvalue weighted by Crippen LogP contribution is -2.29. The van der Waals surface area contributed by atoms with Gasteiger partial charge in [0, 0.05) is 17.1 Å². The van der Waals surface area contributed by atoms with E-state index in [2.05, 4.69) is 4.72 Å². The standard InChI is InChI=1S/C12H15Cl2NO3S2/c13-10-1-2-11(12(14)9(10)6-16)20(17,18)15-5-8-3-4-19-7-8/h1-2,8,15-16H,3-7H2. The van der Waals surface area contributed by atoms with E-state index in [-0.39, 0.29) is 20.5 Å². The van der Waals surface area contributed by atoms with E-state index >= 15 is 0 Å². The predicted octanol–water partition coefficient (Wildman–Crippen LogP) is 2.52. The number of aliphatic hydroxyl groups excluding tert-OH is 1.